The molecule has 2 saturated heterocycles. The van der Waals surface area contributed by atoms with Gasteiger partial charge in [-0.1, -0.05) is 34.1 Å². The summed E-state index contributed by atoms with van der Waals surface area (Å²) in [5, 5.41) is 0. The van der Waals surface area contributed by atoms with Crippen molar-refractivity contribution in [2.75, 3.05) is 16.3 Å². The summed E-state index contributed by atoms with van der Waals surface area (Å²) in [6.07, 6.45) is 5.48. The summed E-state index contributed by atoms with van der Waals surface area (Å²) in [5.41, 5.74) is 1.16. The molecule has 8 heteroatoms. The van der Waals surface area contributed by atoms with Crippen molar-refractivity contribution < 1.29 is 23.9 Å². The molecule has 2 aliphatic heterocycles. The molecule has 2 heterocycles. The van der Waals surface area contributed by atoms with E-state index in [0.717, 1.165) is 16.6 Å². The fraction of sp³-hybridized carbons (Fsp3) is 0.357. The number of imide groups is 1. The lowest BCUT2D eigenvalue weighted by Crippen LogP contribution is -2.40. The molecule has 0 aromatic heterocycles. The Morgan fingerprint density at radius 3 is 2.22 bits per heavy atom. The summed E-state index contributed by atoms with van der Waals surface area (Å²) < 4.78 is 6.54. The third kappa shape index (κ3) is 3.23. The van der Waals surface area contributed by atoms with Gasteiger partial charge >= 0.3 is 5.97 Å². The maximum Gasteiger partial charge on any atom is 0.316 e. The number of esters is 1. The lowest BCUT2D eigenvalue weighted by molar-refractivity contribution is -0.139. The largest absolute Gasteiger partial charge is 0.426 e. The lowest BCUT2D eigenvalue weighted by atomic mass is 9.63. The van der Waals surface area contributed by atoms with E-state index in [4.69, 9.17) is 4.74 Å². The molecule has 0 radical (unpaired) electrons. The van der Waals surface area contributed by atoms with Crippen LogP contribution in [-0.4, -0.2) is 30.2 Å². The number of rotatable bonds is 4. The predicted octanol–water partition coefficient (Wildman–Crippen LogP) is 3.97. The fourth-order valence-corrected chi connectivity index (χ4v) is 7.10. The van der Waals surface area contributed by atoms with Crippen molar-refractivity contribution in [3.63, 3.8) is 0 Å². The number of carbonyl (C=O) groups excluding carboxylic acids is 4. The number of allylic oxidation sites excluding steroid dienone is 2. The van der Waals surface area contributed by atoms with Crippen molar-refractivity contribution in [3.05, 3.63) is 65.2 Å². The summed E-state index contributed by atoms with van der Waals surface area (Å²) >= 11 is 3.38. The Labute approximate surface area is 216 Å². The molecule has 2 saturated carbocycles. The van der Waals surface area contributed by atoms with E-state index in [2.05, 4.69) is 28.1 Å². The van der Waals surface area contributed by atoms with Crippen molar-refractivity contribution in [3.8, 4) is 5.75 Å². The van der Waals surface area contributed by atoms with E-state index in [1.54, 1.807) is 29.2 Å². The number of anilines is 2. The zero-order valence-corrected chi connectivity index (χ0v) is 20.8. The van der Waals surface area contributed by atoms with E-state index in [9.17, 15) is 19.2 Å². The lowest BCUT2D eigenvalue weighted by Gasteiger charge is -2.37. The number of halogens is 1. The average molecular weight is 547 g/mol. The number of nitrogens with zero attached hydrogens (tertiary/aromatic N) is 2. The zero-order chi connectivity index (χ0) is 24.7. The molecule has 4 fully saturated rings. The molecule has 3 amide bonds. The van der Waals surface area contributed by atoms with Crippen LogP contribution >= 0.6 is 15.9 Å². The number of hydrogen-bond donors (Lipinski definition) is 0. The third-order valence-corrected chi connectivity index (χ3v) is 9.08. The minimum Gasteiger partial charge on any atom is -0.426 e. The smallest absolute Gasteiger partial charge is 0.316 e. The molecule has 36 heavy (non-hydrogen) atoms. The second-order valence-corrected chi connectivity index (χ2v) is 11.4. The van der Waals surface area contributed by atoms with Crippen LogP contribution < -0.4 is 14.5 Å². The van der Waals surface area contributed by atoms with Crippen molar-refractivity contribution in [2.24, 2.45) is 41.4 Å². The first-order valence-electron chi connectivity index (χ1n) is 12.3. The van der Waals surface area contributed by atoms with Crippen LogP contribution in [-0.2, 0) is 19.2 Å². The highest BCUT2D eigenvalue weighted by Gasteiger charge is 2.67. The van der Waals surface area contributed by atoms with Crippen LogP contribution in [0.2, 0.25) is 0 Å². The summed E-state index contributed by atoms with van der Waals surface area (Å²) in [6, 6.07) is 13.9. The molecule has 7 atom stereocenters. The molecule has 0 spiro atoms. The molecule has 182 valence electrons. The Morgan fingerprint density at radius 2 is 1.56 bits per heavy atom. The molecule has 4 aliphatic carbocycles. The van der Waals surface area contributed by atoms with E-state index in [1.165, 1.54) is 4.90 Å². The van der Waals surface area contributed by atoms with Gasteiger partial charge in [-0.15, -0.1) is 0 Å². The first-order valence-corrected chi connectivity index (χ1v) is 13.1. The van der Waals surface area contributed by atoms with Crippen LogP contribution in [0.25, 0.3) is 0 Å². The van der Waals surface area contributed by atoms with Crippen LogP contribution in [0.15, 0.2) is 65.2 Å². The summed E-state index contributed by atoms with van der Waals surface area (Å²) in [6.45, 7) is 0.240. The van der Waals surface area contributed by atoms with Gasteiger partial charge in [-0.25, -0.2) is 4.90 Å². The van der Waals surface area contributed by atoms with Crippen LogP contribution in [0.1, 0.15) is 12.8 Å². The second-order valence-electron chi connectivity index (χ2n) is 10.5. The van der Waals surface area contributed by atoms with Gasteiger partial charge in [-0.2, -0.15) is 0 Å². The quantitative estimate of drug-likeness (QED) is 0.251. The third-order valence-electron chi connectivity index (χ3n) is 8.55. The van der Waals surface area contributed by atoms with Crippen LogP contribution in [0.5, 0.6) is 5.75 Å². The van der Waals surface area contributed by atoms with Gasteiger partial charge in [0.15, 0.2) is 0 Å². The van der Waals surface area contributed by atoms with Gasteiger partial charge in [0.05, 0.1) is 23.4 Å². The van der Waals surface area contributed by atoms with Crippen molar-refractivity contribution in [1.82, 2.24) is 0 Å². The minimum absolute atomic E-state index is 0.0686. The van der Waals surface area contributed by atoms with Crippen LogP contribution in [0.4, 0.5) is 11.4 Å². The molecule has 7 nitrogen and oxygen atoms in total. The Kier molecular flexibility index (Phi) is 4.80. The Morgan fingerprint density at radius 1 is 0.889 bits per heavy atom. The maximum absolute atomic E-state index is 13.4. The molecule has 0 N–H and O–H groups in total. The Hall–Kier alpha value is -3.26. The van der Waals surface area contributed by atoms with Gasteiger partial charge in [0, 0.05) is 29.2 Å². The zero-order valence-electron chi connectivity index (χ0n) is 19.2. The van der Waals surface area contributed by atoms with Crippen LogP contribution in [0.3, 0.4) is 0 Å². The number of benzene rings is 2. The van der Waals surface area contributed by atoms with Gasteiger partial charge in [-0.05, 0) is 66.5 Å². The topological polar surface area (TPSA) is 84.0 Å². The van der Waals surface area contributed by atoms with Gasteiger partial charge in [0.1, 0.15) is 5.75 Å². The second kappa shape index (κ2) is 7.87. The number of ether oxygens (including phenoxy) is 1. The number of amides is 3. The van der Waals surface area contributed by atoms with Crippen molar-refractivity contribution >= 4 is 51.0 Å². The van der Waals surface area contributed by atoms with Crippen LogP contribution in [0, 0.1) is 41.4 Å². The monoisotopic (exact) mass is 546 g/mol. The molecule has 2 aromatic rings. The molecule has 2 bridgehead atoms. The van der Waals surface area contributed by atoms with E-state index >= 15 is 0 Å². The van der Waals surface area contributed by atoms with E-state index in [-0.39, 0.29) is 60.1 Å². The molecular weight excluding hydrogens is 524 g/mol. The Bertz CT molecular complexity index is 1320. The van der Waals surface area contributed by atoms with Gasteiger partial charge in [0.25, 0.3) is 0 Å². The Balaban J connectivity index is 1.07. The first kappa shape index (κ1) is 22.0. The maximum atomic E-state index is 13.4. The van der Waals surface area contributed by atoms with E-state index in [0.29, 0.717) is 17.5 Å². The number of carbonyl (C=O) groups is 4. The summed E-state index contributed by atoms with van der Waals surface area (Å²) in [7, 11) is 0. The fourth-order valence-electron chi connectivity index (χ4n) is 6.83. The van der Waals surface area contributed by atoms with Gasteiger partial charge in [0.2, 0.25) is 17.7 Å². The van der Waals surface area contributed by atoms with Crippen molar-refractivity contribution in [2.45, 2.75) is 12.8 Å². The molecule has 2 aromatic carbocycles. The summed E-state index contributed by atoms with van der Waals surface area (Å²) in [4.78, 5) is 55.1. The highest BCUT2D eigenvalue weighted by Crippen LogP contribution is 2.65. The number of hydrogen-bond acceptors (Lipinski definition) is 5. The van der Waals surface area contributed by atoms with E-state index < -0.39 is 11.9 Å². The van der Waals surface area contributed by atoms with E-state index in [1.807, 2.05) is 24.3 Å². The normalized spacial score (nSPS) is 33.7. The predicted molar refractivity (Wildman–Crippen MR) is 134 cm³/mol. The molecular formula is C28H23BrN2O5. The SMILES string of the molecule is O=C(Oc1cccc(N2C(=O)[C@@H]3[C@H]4C=C[C@@H]([C@@H]5C[C@H]45)[C@@H]3C2=O)c1)[C@@H]1CC(=O)N(c2ccc(Br)cc2)C1. The molecule has 0 unspecified atom stereocenters. The standard InChI is InChI=1S/C28H23BrN2O5/c29-15-4-6-16(7-5-15)30-13-14(10-23(30)32)28(35)36-18-3-1-2-17(11-18)31-26(33)24-19-8-9-20(22-12-21(19)22)25(24)27(31)34/h1-9,11,14,19-22,24-25H,10,12-13H2/t14-,19+,20+,21-,22+,24-,25+/m1/s1. The first-order chi connectivity index (χ1) is 17.4. The average Bonchev–Trinajstić information content (AvgIpc) is 3.55. The molecule has 8 rings (SSSR count). The van der Waals surface area contributed by atoms with Crippen molar-refractivity contribution in [1.29, 1.82) is 0 Å². The highest BCUT2D eigenvalue weighted by molar-refractivity contribution is 9.10. The summed E-state index contributed by atoms with van der Waals surface area (Å²) in [5.74, 6) is -0.458. The van der Waals surface area contributed by atoms with Gasteiger partial charge < -0.3 is 9.64 Å². The molecule has 6 aliphatic rings. The highest BCUT2D eigenvalue weighted by atomic mass is 79.9. The minimum atomic E-state index is -0.601. The van der Waals surface area contributed by atoms with Gasteiger partial charge in [-0.3, -0.25) is 19.2 Å².